The Morgan fingerprint density at radius 2 is 1.85 bits per heavy atom. The molecule has 4 heteroatoms. The molecule has 1 aromatic heterocycles. The Morgan fingerprint density at radius 1 is 1.00 bits per heavy atom. The van der Waals surface area contributed by atoms with Gasteiger partial charge in [-0.3, -0.25) is 10.2 Å². The molecule has 3 aromatic carbocycles. The van der Waals surface area contributed by atoms with Crippen LogP contribution in [0.25, 0.3) is 21.7 Å². The maximum atomic E-state index is 12.7. The minimum absolute atomic E-state index is 0.142. The van der Waals surface area contributed by atoms with Gasteiger partial charge >= 0.3 is 0 Å². The van der Waals surface area contributed by atoms with E-state index in [1.807, 2.05) is 60.7 Å². The van der Waals surface area contributed by atoms with Crippen molar-refractivity contribution in [1.82, 2.24) is 0 Å². The van der Waals surface area contributed by atoms with Crippen molar-refractivity contribution < 1.29 is 9.21 Å². The molecule has 4 rings (SSSR count). The van der Waals surface area contributed by atoms with E-state index in [1.54, 1.807) is 6.07 Å². The summed E-state index contributed by atoms with van der Waals surface area (Å²) >= 11 is 0. The third-order valence-electron chi connectivity index (χ3n) is 4.51. The van der Waals surface area contributed by atoms with E-state index in [0.717, 1.165) is 28.1 Å². The molecule has 1 heterocycles. The molecule has 0 saturated carbocycles. The van der Waals surface area contributed by atoms with Crippen LogP contribution in [0, 0.1) is 5.41 Å². The number of rotatable bonds is 3. The van der Waals surface area contributed by atoms with Crippen molar-refractivity contribution in [3.63, 3.8) is 0 Å². The molecular formula is C22H18N2O2. The zero-order valence-corrected chi connectivity index (χ0v) is 14.4. The first-order chi connectivity index (χ1) is 12.7. The number of hydrogen-bond donors (Lipinski definition) is 2. The van der Waals surface area contributed by atoms with E-state index in [-0.39, 0.29) is 17.0 Å². The van der Waals surface area contributed by atoms with Gasteiger partial charge in [0.05, 0.1) is 0 Å². The lowest BCUT2D eigenvalue weighted by atomic mass is 10.0. The Labute approximate surface area is 150 Å². The Balaban J connectivity index is 1.80. The van der Waals surface area contributed by atoms with Crippen LogP contribution in [0.1, 0.15) is 22.8 Å². The highest BCUT2D eigenvalue weighted by atomic mass is 16.3. The molecule has 0 saturated heterocycles. The van der Waals surface area contributed by atoms with E-state index in [2.05, 4.69) is 12.2 Å². The van der Waals surface area contributed by atoms with E-state index >= 15 is 0 Å². The molecule has 128 valence electrons. The number of carbonyl (C=O) groups excluding carboxylic acids is 1. The van der Waals surface area contributed by atoms with Crippen molar-refractivity contribution >= 4 is 33.3 Å². The number of amides is 1. The summed E-state index contributed by atoms with van der Waals surface area (Å²) in [6.07, 6.45) is 0.894. The van der Waals surface area contributed by atoms with Gasteiger partial charge < -0.3 is 9.73 Å². The maximum absolute atomic E-state index is 12.7. The summed E-state index contributed by atoms with van der Waals surface area (Å²) in [5.41, 5.74) is 2.53. The largest absolute Gasteiger partial charge is 0.438 e. The van der Waals surface area contributed by atoms with Gasteiger partial charge in [0.1, 0.15) is 11.1 Å². The van der Waals surface area contributed by atoms with Gasteiger partial charge in [0.25, 0.3) is 5.91 Å². The second-order valence-electron chi connectivity index (χ2n) is 6.20. The summed E-state index contributed by atoms with van der Waals surface area (Å²) in [6.45, 7) is 2.07. The van der Waals surface area contributed by atoms with Gasteiger partial charge in [0.15, 0.2) is 0 Å². The van der Waals surface area contributed by atoms with Crippen molar-refractivity contribution in [2.75, 3.05) is 5.32 Å². The molecular weight excluding hydrogens is 324 g/mol. The number of nitrogens with one attached hydrogen (secondary N) is 2. The molecule has 26 heavy (non-hydrogen) atoms. The molecule has 0 aliphatic rings. The SMILES string of the molecule is CCc1cccc(NC(=O)c2cc3c(ccc4ccccc43)oc2=N)c1. The molecule has 0 fully saturated rings. The van der Waals surface area contributed by atoms with Crippen molar-refractivity contribution in [3.05, 3.63) is 83.4 Å². The van der Waals surface area contributed by atoms with Gasteiger partial charge in [-0.25, -0.2) is 0 Å². The van der Waals surface area contributed by atoms with E-state index in [0.29, 0.717) is 11.3 Å². The third-order valence-corrected chi connectivity index (χ3v) is 4.51. The van der Waals surface area contributed by atoms with E-state index in [1.165, 1.54) is 0 Å². The molecule has 1 amide bonds. The summed E-state index contributed by atoms with van der Waals surface area (Å²) in [5.74, 6) is -0.346. The fourth-order valence-electron chi connectivity index (χ4n) is 3.12. The lowest BCUT2D eigenvalue weighted by molar-refractivity contribution is 0.102. The van der Waals surface area contributed by atoms with Gasteiger partial charge in [-0.15, -0.1) is 0 Å². The zero-order valence-electron chi connectivity index (χ0n) is 14.4. The first-order valence-corrected chi connectivity index (χ1v) is 8.56. The van der Waals surface area contributed by atoms with Crippen LogP contribution >= 0.6 is 0 Å². The molecule has 4 nitrogen and oxygen atoms in total. The lowest BCUT2D eigenvalue weighted by Crippen LogP contribution is -2.20. The van der Waals surface area contributed by atoms with Gasteiger partial charge in [0.2, 0.25) is 5.55 Å². The number of benzene rings is 3. The summed E-state index contributed by atoms with van der Waals surface area (Å²) in [7, 11) is 0. The number of carbonyl (C=O) groups is 1. The molecule has 0 aliphatic heterocycles. The molecule has 2 N–H and O–H groups in total. The zero-order chi connectivity index (χ0) is 18.1. The average molecular weight is 342 g/mol. The quantitative estimate of drug-likeness (QED) is 0.521. The second kappa shape index (κ2) is 6.48. The second-order valence-corrected chi connectivity index (χ2v) is 6.20. The van der Waals surface area contributed by atoms with Gasteiger partial charge in [-0.1, -0.05) is 49.4 Å². The average Bonchev–Trinajstić information content (AvgIpc) is 2.67. The molecule has 0 bridgehead atoms. The highest BCUT2D eigenvalue weighted by Crippen LogP contribution is 2.25. The van der Waals surface area contributed by atoms with E-state index in [9.17, 15) is 4.79 Å². The number of anilines is 1. The van der Waals surface area contributed by atoms with Gasteiger partial charge in [-0.2, -0.15) is 0 Å². The highest BCUT2D eigenvalue weighted by molar-refractivity contribution is 6.10. The highest BCUT2D eigenvalue weighted by Gasteiger charge is 2.13. The lowest BCUT2D eigenvalue weighted by Gasteiger charge is -2.08. The minimum atomic E-state index is -0.346. The Bertz CT molecular complexity index is 1190. The van der Waals surface area contributed by atoms with Crippen LogP contribution in [0.5, 0.6) is 0 Å². The molecule has 0 spiro atoms. The molecule has 0 atom stereocenters. The monoisotopic (exact) mass is 342 g/mol. The maximum Gasteiger partial charge on any atom is 0.261 e. The molecule has 0 radical (unpaired) electrons. The normalized spacial score (nSPS) is 11.0. The minimum Gasteiger partial charge on any atom is -0.438 e. The summed E-state index contributed by atoms with van der Waals surface area (Å²) in [6, 6.07) is 21.2. The first kappa shape index (κ1) is 16.1. The first-order valence-electron chi connectivity index (χ1n) is 8.56. The summed E-state index contributed by atoms with van der Waals surface area (Å²) in [5, 5.41) is 13.9. The fourth-order valence-corrected chi connectivity index (χ4v) is 3.12. The standard InChI is InChI=1S/C22H18N2O2/c1-2-14-6-5-8-16(12-14)24-22(25)19-13-18-17-9-4-3-7-15(17)10-11-20(18)26-21(19)23/h3-13,23H,2H2,1H3,(H,24,25). The molecule has 0 aliphatic carbocycles. The van der Waals surface area contributed by atoms with Gasteiger partial charge in [0, 0.05) is 11.1 Å². The van der Waals surface area contributed by atoms with Crippen LogP contribution in [0.4, 0.5) is 5.69 Å². The molecule has 4 aromatic rings. The van der Waals surface area contributed by atoms with Crippen LogP contribution in [0.15, 0.2) is 71.1 Å². The van der Waals surface area contributed by atoms with Crippen LogP contribution in [-0.2, 0) is 6.42 Å². The Hall–Kier alpha value is -3.40. The van der Waals surface area contributed by atoms with Crippen molar-refractivity contribution in [2.24, 2.45) is 0 Å². The van der Waals surface area contributed by atoms with Crippen LogP contribution in [0.3, 0.4) is 0 Å². The van der Waals surface area contributed by atoms with Crippen LogP contribution < -0.4 is 10.9 Å². The van der Waals surface area contributed by atoms with E-state index < -0.39 is 0 Å². The Kier molecular flexibility index (Phi) is 4.01. The predicted molar refractivity (Wildman–Crippen MR) is 103 cm³/mol. The fraction of sp³-hybridized carbons (Fsp3) is 0.0909. The topological polar surface area (TPSA) is 66.1 Å². The van der Waals surface area contributed by atoms with Crippen LogP contribution in [-0.4, -0.2) is 5.91 Å². The Morgan fingerprint density at radius 3 is 2.69 bits per heavy atom. The van der Waals surface area contributed by atoms with E-state index in [4.69, 9.17) is 9.83 Å². The van der Waals surface area contributed by atoms with Crippen molar-refractivity contribution in [1.29, 1.82) is 5.41 Å². The molecule has 0 unspecified atom stereocenters. The number of hydrogen-bond acceptors (Lipinski definition) is 3. The predicted octanol–water partition coefficient (Wildman–Crippen LogP) is 4.88. The van der Waals surface area contributed by atoms with Gasteiger partial charge in [-0.05, 0) is 47.0 Å². The smallest absolute Gasteiger partial charge is 0.261 e. The van der Waals surface area contributed by atoms with Crippen molar-refractivity contribution in [3.8, 4) is 0 Å². The van der Waals surface area contributed by atoms with Crippen molar-refractivity contribution in [2.45, 2.75) is 13.3 Å². The third kappa shape index (κ3) is 2.86. The number of aryl methyl sites for hydroxylation is 1. The summed E-state index contributed by atoms with van der Waals surface area (Å²) in [4.78, 5) is 12.7. The van der Waals surface area contributed by atoms with Crippen LogP contribution in [0.2, 0.25) is 0 Å². The summed E-state index contributed by atoms with van der Waals surface area (Å²) < 4.78 is 5.61. The number of fused-ring (bicyclic) bond motifs is 3.